The van der Waals surface area contributed by atoms with Gasteiger partial charge in [0.05, 0.1) is 11.1 Å². The quantitative estimate of drug-likeness (QED) is 0.907. The van der Waals surface area contributed by atoms with Crippen molar-refractivity contribution in [2.45, 2.75) is 39.7 Å². The number of hydrogen-bond donors (Lipinski definition) is 1. The molecule has 0 amide bonds. The molecule has 1 aliphatic carbocycles. The highest BCUT2D eigenvalue weighted by atomic mass is 16.4. The molecule has 1 aliphatic rings. The van der Waals surface area contributed by atoms with Gasteiger partial charge in [0.2, 0.25) is 0 Å². The van der Waals surface area contributed by atoms with E-state index >= 15 is 0 Å². The number of aromatic nitrogens is 2. The van der Waals surface area contributed by atoms with Gasteiger partial charge in [0.1, 0.15) is 11.3 Å². The lowest BCUT2D eigenvalue weighted by atomic mass is 9.97. The minimum Gasteiger partial charge on any atom is -0.478 e. The second kappa shape index (κ2) is 4.62. The third kappa shape index (κ3) is 1.82. The number of hydrogen-bond acceptors (Lipinski definition) is 2. The summed E-state index contributed by atoms with van der Waals surface area (Å²) in [5.41, 5.74) is 1.86. The number of aryl methyl sites for hydroxylation is 1. The third-order valence-corrected chi connectivity index (χ3v) is 4.88. The number of para-hydroxylation sites is 1. The Morgan fingerprint density at radius 2 is 2.10 bits per heavy atom. The molecule has 4 nitrogen and oxygen atoms in total. The molecule has 20 heavy (non-hydrogen) atoms. The van der Waals surface area contributed by atoms with Crippen molar-refractivity contribution in [3.8, 4) is 0 Å². The van der Waals surface area contributed by atoms with Gasteiger partial charge in [-0.3, -0.25) is 0 Å². The number of rotatable bonds is 2. The minimum absolute atomic E-state index is 0.294. The summed E-state index contributed by atoms with van der Waals surface area (Å²) in [5.74, 6) is 1.31. The lowest BCUT2D eigenvalue weighted by molar-refractivity contribution is 0.0699. The van der Waals surface area contributed by atoms with Crippen molar-refractivity contribution in [3.63, 3.8) is 0 Å². The van der Waals surface area contributed by atoms with Crippen molar-refractivity contribution in [3.05, 3.63) is 29.6 Å². The minimum atomic E-state index is -0.909. The lowest BCUT2D eigenvalue weighted by Gasteiger charge is -2.22. The van der Waals surface area contributed by atoms with Crippen LogP contribution in [0.25, 0.3) is 11.0 Å². The van der Waals surface area contributed by atoms with Gasteiger partial charge >= 0.3 is 5.97 Å². The molecule has 3 unspecified atom stereocenters. The van der Waals surface area contributed by atoms with Crippen LogP contribution in [-0.4, -0.2) is 20.6 Å². The van der Waals surface area contributed by atoms with E-state index in [1.54, 1.807) is 6.07 Å². The maximum Gasteiger partial charge on any atom is 0.337 e. The molecule has 1 N–H and O–H groups in total. The molecule has 2 aromatic rings. The molecule has 1 saturated carbocycles. The fourth-order valence-electron chi connectivity index (χ4n) is 3.53. The summed E-state index contributed by atoms with van der Waals surface area (Å²) in [4.78, 5) is 15.8. The first-order valence-corrected chi connectivity index (χ1v) is 7.21. The van der Waals surface area contributed by atoms with E-state index in [9.17, 15) is 9.90 Å². The SMILES string of the molecule is Cc1nc2c(C(=O)O)cccc2n1C1CCC(C)C1C. The van der Waals surface area contributed by atoms with Crippen LogP contribution in [0.5, 0.6) is 0 Å². The number of aromatic carboxylic acids is 1. The van der Waals surface area contributed by atoms with Crippen molar-refractivity contribution in [1.29, 1.82) is 0 Å². The Labute approximate surface area is 118 Å². The zero-order chi connectivity index (χ0) is 14.4. The molecule has 4 heteroatoms. The van der Waals surface area contributed by atoms with E-state index in [4.69, 9.17) is 0 Å². The maximum absolute atomic E-state index is 11.3. The van der Waals surface area contributed by atoms with Crippen molar-refractivity contribution in [2.24, 2.45) is 11.8 Å². The first kappa shape index (κ1) is 13.2. The van der Waals surface area contributed by atoms with Gasteiger partial charge in [0, 0.05) is 6.04 Å². The van der Waals surface area contributed by atoms with Crippen molar-refractivity contribution in [2.75, 3.05) is 0 Å². The first-order chi connectivity index (χ1) is 9.50. The lowest BCUT2D eigenvalue weighted by Crippen LogP contribution is -2.15. The summed E-state index contributed by atoms with van der Waals surface area (Å²) in [5, 5.41) is 9.29. The molecule has 3 atom stereocenters. The van der Waals surface area contributed by atoms with E-state index in [0.717, 1.165) is 17.8 Å². The number of carbonyl (C=O) groups is 1. The first-order valence-electron chi connectivity index (χ1n) is 7.21. The fourth-order valence-corrected chi connectivity index (χ4v) is 3.53. The Kier molecular flexibility index (Phi) is 3.04. The van der Waals surface area contributed by atoms with Crippen molar-refractivity contribution < 1.29 is 9.90 Å². The highest BCUT2D eigenvalue weighted by Gasteiger charge is 2.33. The Balaban J connectivity index is 2.19. The predicted molar refractivity (Wildman–Crippen MR) is 78.0 cm³/mol. The van der Waals surface area contributed by atoms with Gasteiger partial charge in [-0.25, -0.2) is 9.78 Å². The normalized spacial score (nSPS) is 26.2. The van der Waals surface area contributed by atoms with Crippen LogP contribution in [0.4, 0.5) is 0 Å². The highest BCUT2D eigenvalue weighted by molar-refractivity contribution is 6.01. The summed E-state index contributed by atoms with van der Waals surface area (Å²) >= 11 is 0. The fraction of sp³-hybridized carbons (Fsp3) is 0.500. The average molecular weight is 272 g/mol. The van der Waals surface area contributed by atoms with Crippen molar-refractivity contribution >= 4 is 17.0 Å². The van der Waals surface area contributed by atoms with Gasteiger partial charge in [-0.2, -0.15) is 0 Å². The zero-order valence-electron chi connectivity index (χ0n) is 12.1. The van der Waals surface area contributed by atoms with E-state index in [0.29, 0.717) is 29.0 Å². The molecule has 0 aliphatic heterocycles. The average Bonchev–Trinajstić information content (AvgIpc) is 2.89. The number of nitrogens with zero attached hydrogens (tertiary/aromatic N) is 2. The second-order valence-electron chi connectivity index (χ2n) is 5.99. The van der Waals surface area contributed by atoms with E-state index in [1.807, 2.05) is 19.1 Å². The number of carboxylic acid groups (broad SMARTS) is 1. The van der Waals surface area contributed by atoms with Crippen LogP contribution in [0.2, 0.25) is 0 Å². The Hall–Kier alpha value is -1.84. The van der Waals surface area contributed by atoms with Crippen molar-refractivity contribution in [1.82, 2.24) is 9.55 Å². The molecule has 1 heterocycles. The topological polar surface area (TPSA) is 55.1 Å². The molecule has 106 valence electrons. The molecular weight excluding hydrogens is 252 g/mol. The monoisotopic (exact) mass is 272 g/mol. The number of fused-ring (bicyclic) bond motifs is 1. The highest BCUT2D eigenvalue weighted by Crippen LogP contribution is 2.42. The summed E-state index contributed by atoms with van der Waals surface area (Å²) in [6.07, 6.45) is 2.37. The summed E-state index contributed by atoms with van der Waals surface area (Å²) in [7, 11) is 0. The van der Waals surface area contributed by atoms with E-state index in [-0.39, 0.29) is 0 Å². The standard InChI is InChI=1S/C16H20N2O2/c1-9-7-8-13(10(9)2)18-11(3)17-15-12(16(19)20)5-4-6-14(15)18/h4-6,9-10,13H,7-8H2,1-3H3,(H,19,20). The zero-order valence-corrected chi connectivity index (χ0v) is 12.1. The van der Waals surface area contributed by atoms with Crippen LogP contribution in [0.1, 0.15) is 48.9 Å². The summed E-state index contributed by atoms with van der Waals surface area (Å²) < 4.78 is 2.25. The third-order valence-electron chi connectivity index (χ3n) is 4.88. The number of benzene rings is 1. The molecule has 1 aromatic heterocycles. The van der Waals surface area contributed by atoms with Crippen LogP contribution in [0.3, 0.4) is 0 Å². The predicted octanol–water partition coefficient (Wildman–Crippen LogP) is 3.65. The molecule has 0 bridgehead atoms. The Morgan fingerprint density at radius 1 is 1.35 bits per heavy atom. The smallest absolute Gasteiger partial charge is 0.337 e. The van der Waals surface area contributed by atoms with Crippen LogP contribution in [0.15, 0.2) is 18.2 Å². The molecule has 0 radical (unpaired) electrons. The molecule has 3 rings (SSSR count). The van der Waals surface area contributed by atoms with Gasteiger partial charge in [-0.1, -0.05) is 19.9 Å². The Bertz CT molecular complexity index is 674. The molecule has 1 aromatic carbocycles. The van der Waals surface area contributed by atoms with Gasteiger partial charge < -0.3 is 9.67 Å². The van der Waals surface area contributed by atoms with Gasteiger partial charge in [0.25, 0.3) is 0 Å². The van der Waals surface area contributed by atoms with Gasteiger partial charge in [0.15, 0.2) is 0 Å². The molecule has 0 saturated heterocycles. The summed E-state index contributed by atoms with van der Waals surface area (Å²) in [6, 6.07) is 5.85. The number of carboxylic acids is 1. The van der Waals surface area contributed by atoms with E-state index in [2.05, 4.69) is 23.4 Å². The van der Waals surface area contributed by atoms with E-state index in [1.165, 1.54) is 6.42 Å². The second-order valence-corrected chi connectivity index (χ2v) is 5.99. The van der Waals surface area contributed by atoms with Crippen LogP contribution >= 0.6 is 0 Å². The van der Waals surface area contributed by atoms with E-state index < -0.39 is 5.97 Å². The largest absolute Gasteiger partial charge is 0.478 e. The van der Waals surface area contributed by atoms with Crippen LogP contribution in [-0.2, 0) is 0 Å². The van der Waals surface area contributed by atoms with Crippen LogP contribution in [0, 0.1) is 18.8 Å². The van der Waals surface area contributed by atoms with Crippen LogP contribution < -0.4 is 0 Å². The molecular formula is C16H20N2O2. The number of imidazole rings is 1. The maximum atomic E-state index is 11.3. The summed E-state index contributed by atoms with van der Waals surface area (Å²) in [6.45, 7) is 6.55. The van der Waals surface area contributed by atoms with Gasteiger partial charge in [-0.05, 0) is 43.7 Å². The Morgan fingerprint density at radius 3 is 2.70 bits per heavy atom. The molecule has 0 spiro atoms. The molecule has 1 fully saturated rings. The van der Waals surface area contributed by atoms with Gasteiger partial charge in [-0.15, -0.1) is 0 Å².